The average molecular weight is 296 g/mol. The minimum Gasteiger partial charge on any atom is -0.364 e. The lowest BCUT2D eigenvalue weighted by Crippen LogP contribution is -2.11. The Labute approximate surface area is 113 Å². The van der Waals surface area contributed by atoms with Crippen LogP contribution in [0.5, 0.6) is 0 Å². The lowest BCUT2D eigenvalue weighted by Gasteiger charge is -2.06. The van der Waals surface area contributed by atoms with Crippen molar-refractivity contribution in [2.24, 2.45) is 14.1 Å². The maximum absolute atomic E-state index is 12.7. The highest BCUT2D eigenvalue weighted by atomic mass is 35.5. The first-order valence-corrected chi connectivity index (χ1v) is 5.19. The number of nitrogens with one attached hydrogen (secondary N) is 1. The molecule has 0 amide bonds. The molecule has 0 aliphatic heterocycles. The van der Waals surface area contributed by atoms with Crippen LogP contribution >= 0.6 is 12.4 Å². The van der Waals surface area contributed by atoms with Crippen LogP contribution in [0.25, 0.3) is 0 Å². The Morgan fingerprint density at radius 2 is 1.89 bits per heavy atom. The maximum atomic E-state index is 12.7. The van der Waals surface area contributed by atoms with Crippen molar-refractivity contribution in [1.29, 1.82) is 0 Å². The number of halogens is 4. The van der Waals surface area contributed by atoms with Gasteiger partial charge in [-0.05, 0) is 0 Å². The molecule has 0 fully saturated rings. The SMILES string of the molecule is Cl.Cn1ccc(NCc2cn(C)nc2C(F)(F)F)n1. The Morgan fingerprint density at radius 1 is 1.21 bits per heavy atom. The Bertz CT molecular complexity index is 546. The van der Waals surface area contributed by atoms with Crippen LogP contribution < -0.4 is 5.32 Å². The van der Waals surface area contributed by atoms with Gasteiger partial charge in [0.25, 0.3) is 0 Å². The minimum atomic E-state index is -4.44. The smallest absolute Gasteiger partial charge is 0.364 e. The quantitative estimate of drug-likeness (QED) is 0.944. The fourth-order valence-electron chi connectivity index (χ4n) is 1.60. The van der Waals surface area contributed by atoms with Crippen molar-refractivity contribution in [3.8, 4) is 0 Å². The summed E-state index contributed by atoms with van der Waals surface area (Å²) >= 11 is 0. The molecule has 0 bridgehead atoms. The largest absolute Gasteiger partial charge is 0.435 e. The third-order valence-electron chi connectivity index (χ3n) is 2.35. The van der Waals surface area contributed by atoms with Crippen LogP contribution in [0.3, 0.4) is 0 Å². The van der Waals surface area contributed by atoms with E-state index in [0.717, 1.165) is 4.68 Å². The zero-order chi connectivity index (χ0) is 13.3. The van der Waals surface area contributed by atoms with Crippen LogP contribution in [0.2, 0.25) is 0 Å². The number of hydrogen-bond donors (Lipinski definition) is 1. The van der Waals surface area contributed by atoms with E-state index in [1.165, 1.54) is 13.2 Å². The topological polar surface area (TPSA) is 47.7 Å². The van der Waals surface area contributed by atoms with Crippen molar-refractivity contribution in [2.45, 2.75) is 12.7 Å². The highest BCUT2D eigenvalue weighted by Crippen LogP contribution is 2.30. The van der Waals surface area contributed by atoms with Gasteiger partial charge in [-0.3, -0.25) is 9.36 Å². The molecule has 0 aromatic carbocycles. The molecule has 0 atom stereocenters. The Morgan fingerprint density at radius 3 is 2.42 bits per heavy atom. The maximum Gasteiger partial charge on any atom is 0.435 e. The molecule has 1 N–H and O–H groups in total. The van der Waals surface area contributed by atoms with Gasteiger partial charge in [0.15, 0.2) is 5.69 Å². The molecule has 0 saturated carbocycles. The van der Waals surface area contributed by atoms with Crippen LogP contribution in [0, 0.1) is 0 Å². The number of aromatic nitrogens is 4. The highest BCUT2D eigenvalue weighted by molar-refractivity contribution is 5.85. The van der Waals surface area contributed by atoms with Gasteiger partial charge in [-0.1, -0.05) is 0 Å². The lowest BCUT2D eigenvalue weighted by molar-refractivity contribution is -0.142. The summed E-state index contributed by atoms with van der Waals surface area (Å²) in [5.74, 6) is 0.523. The fraction of sp³-hybridized carbons (Fsp3) is 0.400. The lowest BCUT2D eigenvalue weighted by atomic mass is 10.2. The molecular formula is C10H13ClF3N5. The van der Waals surface area contributed by atoms with Crippen molar-refractivity contribution in [3.63, 3.8) is 0 Å². The van der Waals surface area contributed by atoms with E-state index in [1.54, 1.807) is 24.0 Å². The molecule has 19 heavy (non-hydrogen) atoms. The monoisotopic (exact) mass is 295 g/mol. The number of hydrogen-bond acceptors (Lipinski definition) is 3. The predicted octanol–water partition coefficient (Wildman–Crippen LogP) is 2.21. The van der Waals surface area contributed by atoms with Gasteiger partial charge in [-0.2, -0.15) is 23.4 Å². The summed E-state index contributed by atoms with van der Waals surface area (Å²) in [5.41, 5.74) is -0.774. The number of alkyl halides is 3. The minimum absolute atomic E-state index is 0. The summed E-state index contributed by atoms with van der Waals surface area (Å²) in [7, 11) is 3.19. The van der Waals surface area contributed by atoms with Crippen molar-refractivity contribution < 1.29 is 13.2 Å². The summed E-state index contributed by atoms with van der Waals surface area (Å²) < 4.78 is 40.7. The fourth-order valence-corrected chi connectivity index (χ4v) is 1.60. The van der Waals surface area contributed by atoms with Crippen molar-refractivity contribution in [2.75, 3.05) is 5.32 Å². The molecule has 0 aliphatic carbocycles. The Balaban J connectivity index is 0.00000180. The molecule has 5 nitrogen and oxygen atoms in total. The first-order chi connectivity index (χ1) is 8.36. The number of rotatable bonds is 3. The van der Waals surface area contributed by atoms with Crippen molar-refractivity contribution >= 4 is 18.2 Å². The first-order valence-electron chi connectivity index (χ1n) is 5.19. The van der Waals surface area contributed by atoms with E-state index in [0.29, 0.717) is 5.82 Å². The molecule has 2 rings (SSSR count). The summed E-state index contributed by atoms with van der Waals surface area (Å²) in [4.78, 5) is 0. The molecule has 0 radical (unpaired) electrons. The Kier molecular flexibility index (Phi) is 4.46. The number of nitrogens with zero attached hydrogens (tertiary/aromatic N) is 4. The number of anilines is 1. The third kappa shape index (κ3) is 3.63. The molecule has 2 heterocycles. The van der Waals surface area contributed by atoms with Gasteiger partial charge in [0.1, 0.15) is 5.82 Å². The average Bonchev–Trinajstić information content (AvgIpc) is 2.81. The van der Waals surface area contributed by atoms with E-state index in [2.05, 4.69) is 15.5 Å². The van der Waals surface area contributed by atoms with Gasteiger partial charge >= 0.3 is 6.18 Å². The zero-order valence-electron chi connectivity index (χ0n) is 10.3. The molecule has 0 spiro atoms. The van der Waals surface area contributed by atoms with Crippen molar-refractivity contribution in [3.05, 3.63) is 29.7 Å². The van der Waals surface area contributed by atoms with Crippen molar-refractivity contribution in [1.82, 2.24) is 19.6 Å². The highest BCUT2D eigenvalue weighted by Gasteiger charge is 2.36. The molecular weight excluding hydrogens is 283 g/mol. The van der Waals surface area contributed by atoms with Gasteiger partial charge in [0, 0.05) is 44.7 Å². The molecule has 2 aromatic rings. The molecule has 0 saturated heterocycles. The van der Waals surface area contributed by atoms with Gasteiger partial charge in [0.05, 0.1) is 0 Å². The summed E-state index contributed by atoms with van der Waals surface area (Å²) in [5, 5.41) is 10.3. The Hall–Kier alpha value is -1.70. The van der Waals surface area contributed by atoms with Crippen LogP contribution in [0.4, 0.5) is 19.0 Å². The van der Waals surface area contributed by atoms with E-state index in [1.807, 2.05) is 0 Å². The van der Waals surface area contributed by atoms with E-state index in [4.69, 9.17) is 0 Å². The van der Waals surface area contributed by atoms with Gasteiger partial charge in [0.2, 0.25) is 0 Å². The van der Waals surface area contributed by atoms with E-state index < -0.39 is 11.9 Å². The van der Waals surface area contributed by atoms with Crippen LogP contribution in [0.1, 0.15) is 11.3 Å². The normalized spacial score (nSPS) is 11.2. The van der Waals surface area contributed by atoms with Gasteiger partial charge < -0.3 is 5.32 Å². The van der Waals surface area contributed by atoms with Crippen LogP contribution in [-0.2, 0) is 26.8 Å². The number of aryl methyl sites for hydroxylation is 2. The molecule has 0 aliphatic rings. The summed E-state index contributed by atoms with van der Waals surface area (Å²) in [6.45, 7) is 0.0275. The summed E-state index contributed by atoms with van der Waals surface area (Å²) in [6, 6.07) is 1.68. The zero-order valence-corrected chi connectivity index (χ0v) is 11.1. The molecule has 9 heteroatoms. The van der Waals surface area contributed by atoms with Gasteiger partial charge in [-0.15, -0.1) is 12.4 Å². The predicted molar refractivity (Wildman–Crippen MR) is 66.0 cm³/mol. The molecule has 106 valence electrons. The van der Waals surface area contributed by atoms with Gasteiger partial charge in [-0.25, -0.2) is 0 Å². The molecule has 2 aromatic heterocycles. The second-order valence-corrected chi connectivity index (χ2v) is 3.90. The second kappa shape index (κ2) is 5.52. The summed E-state index contributed by atoms with van der Waals surface area (Å²) in [6.07, 6.45) is -1.39. The first kappa shape index (κ1) is 15.4. The van der Waals surface area contributed by atoms with Crippen LogP contribution in [-0.4, -0.2) is 19.6 Å². The van der Waals surface area contributed by atoms with E-state index >= 15 is 0 Å². The van der Waals surface area contributed by atoms with E-state index in [9.17, 15) is 13.2 Å². The molecule has 0 unspecified atom stereocenters. The standard InChI is InChI=1S/C10H12F3N5.ClH/c1-17-4-3-8(15-17)14-5-7-6-18(2)16-9(7)10(11,12)13;/h3-4,6H,5H2,1-2H3,(H,14,15);1H. The third-order valence-corrected chi connectivity index (χ3v) is 2.35. The van der Waals surface area contributed by atoms with Crippen LogP contribution in [0.15, 0.2) is 18.5 Å². The second-order valence-electron chi connectivity index (χ2n) is 3.90. The van der Waals surface area contributed by atoms with E-state index in [-0.39, 0.29) is 24.5 Å².